The first-order valence-electron chi connectivity index (χ1n) is 5.59. The Bertz CT molecular complexity index is 124. The molecule has 2 saturated heterocycles. The van der Waals surface area contributed by atoms with Crippen LogP contribution in [0.25, 0.3) is 0 Å². The van der Waals surface area contributed by atoms with E-state index in [2.05, 4.69) is 15.9 Å². The predicted octanol–water partition coefficient (Wildman–Crippen LogP) is 0.593. The fraction of sp³-hybridized carbons (Fsp3) is 1.00. The Kier molecular flexibility index (Phi) is 8.32. The van der Waals surface area contributed by atoms with Gasteiger partial charge in [-0.15, -0.1) is 0 Å². The van der Waals surface area contributed by atoms with E-state index in [1.54, 1.807) is 11.9 Å². The van der Waals surface area contributed by atoms with Crippen LogP contribution >= 0.6 is 11.9 Å². The van der Waals surface area contributed by atoms with Gasteiger partial charge < -0.3 is 14.8 Å². The van der Waals surface area contributed by atoms with E-state index >= 15 is 0 Å². The van der Waals surface area contributed by atoms with Crippen molar-refractivity contribution in [3.63, 3.8) is 0 Å². The van der Waals surface area contributed by atoms with Crippen molar-refractivity contribution >= 4 is 11.9 Å². The second-order valence-corrected chi connectivity index (χ2v) is 4.32. The number of nitrogens with zero attached hydrogens (tertiary/aromatic N) is 1. The molecule has 0 radical (unpaired) electrons. The highest BCUT2D eigenvalue weighted by Crippen LogP contribution is 2.06. The summed E-state index contributed by atoms with van der Waals surface area (Å²) in [5, 5.41) is 3.22. The van der Waals surface area contributed by atoms with E-state index in [9.17, 15) is 0 Å². The molecular formula is C10H22N2O2S. The minimum Gasteiger partial charge on any atom is -0.380 e. The van der Waals surface area contributed by atoms with Gasteiger partial charge in [-0.2, -0.15) is 0 Å². The number of morpholine rings is 1. The van der Waals surface area contributed by atoms with E-state index in [0.717, 1.165) is 52.6 Å². The van der Waals surface area contributed by atoms with Crippen molar-refractivity contribution in [3.8, 4) is 0 Å². The highest BCUT2D eigenvalue weighted by molar-refractivity contribution is 7.96. The summed E-state index contributed by atoms with van der Waals surface area (Å²) in [7, 11) is 0. The molecule has 0 aromatic heterocycles. The first-order chi connectivity index (χ1) is 7.43. The van der Waals surface area contributed by atoms with Crippen molar-refractivity contribution in [1.82, 2.24) is 9.62 Å². The van der Waals surface area contributed by atoms with Crippen molar-refractivity contribution in [2.75, 3.05) is 58.9 Å². The molecule has 0 amide bonds. The summed E-state index contributed by atoms with van der Waals surface area (Å²) >= 11 is 1.80. The van der Waals surface area contributed by atoms with Crippen molar-refractivity contribution in [3.05, 3.63) is 0 Å². The lowest BCUT2D eigenvalue weighted by Crippen LogP contribution is -2.30. The third kappa shape index (κ3) is 7.14. The van der Waals surface area contributed by atoms with Gasteiger partial charge in [-0.3, -0.25) is 0 Å². The third-order valence-electron chi connectivity index (χ3n) is 2.29. The van der Waals surface area contributed by atoms with E-state index < -0.39 is 0 Å². The molecule has 15 heavy (non-hydrogen) atoms. The monoisotopic (exact) mass is 234 g/mol. The molecule has 0 spiro atoms. The molecule has 4 nitrogen and oxygen atoms in total. The summed E-state index contributed by atoms with van der Waals surface area (Å²) in [4.78, 5) is 0. The average Bonchev–Trinajstić information content (AvgIpc) is 2.63. The SMILES string of the molecule is C1CNCCOC1.CSN1CCOCC1. The van der Waals surface area contributed by atoms with E-state index in [-0.39, 0.29) is 0 Å². The molecular weight excluding hydrogens is 212 g/mol. The average molecular weight is 234 g/mol. The number of hydrogen-bond acceptors (Lipinski definition) is 5. The first kappa shape index (κ1) is 13.3. The number of rotatable bonds is 1. The highest BCUT2D eigenvalue weighted by atomic mass is 32.2. The van der Waals surface area contributed by atoms with Crippen molar-refractivity contribution in [2.24, 2.45) is 0 Å². The molecule has 5 heteroatoms. The molecule has 0 bridgehead atoms. The van der Waals surface area contributed by atoms with Gasteiger partial charge in [0, 0.05) is 26.2 Å². The lowest BCUT2D eigenvalue weighted by atomic mass is 10.5. The van der Waals surface area contributed by atoms with Crippen LogP contribution in [-0.2, 0) is 9.47 Å². The van der Waals surface area contributed by atoms with Gasteiger partial charge in [0.25, 0.3) is 0 Å². The van der Waals surface area contributed by atoms with Crippen molar-refractivity contribution < 1.29 is 9.47 Å². The third-order valence-corrected chi connectivity index (χ3v) is 3.18. The van der Waals surface area contributed by atoms with Crippen LogP contribution in [0.4, 0.5) is 0 Å². The molecule has 2 rings (SSSR count). The summed E-state index contributed by atoms with van der Waals surface area (Å²) in [5.74, 6) is 0. The molecule has 0 saturated carbocycles. The zero-order chi connectivity index (χ0) is 10.8. The second-order valence-electron chi connectivity index (χ2n) is 3.44. The van der Waals surface area contributed by atoms with E-state index in [1.165, 1.54) is 6.42 Å². The molecule has 90 valence electrons. The van der Waals surface area contributed by atoms with Crippen LogP contribution < -0.4 is 5.32 Å². The predicted molar refractivity (Wildman–Crippen MR) is 64.2 cm³/mol. The van der Waals surface area contributed by atoms with Gasteiger partial charge in [-0.1, -0.05) is 11.9 Å². The normalized spacial score (nSPS) is 23.8. The zero-order valence-corrected chi connectivity index (χ0v) is 10.4. The summed E-state index contributed by atoms with van der Waals surface area (Å²) < 4.78 is 12.6. The molecule has 2 aliphatic rings. The number of nitrogens with one attached hydrogen (secondary N) is 1. The minimum absolute atomic E-state index is 0.889. The Morgan fingerprint density at radius 2 is 1.73 bits per heavy atom. The van der Waals surface area contributed by atoms with Crippen LogP contribution in [0.2, 0.25) is 0 Å². The van der Waals surface area contributed by atoms with Crippen LogP contribution in [0.3, 0.4) is 0 Å². The molecule has 0 aromatic rings. The van der Waals surface area contributed by atoms with Crippen LogP contribution in [0.1, 0.15) is 6.42 Å². The van der Waals surface area contributed by atoms with E-state index in [4.69, 9.17) is 9.47 Å². The summed E-state index contributed by atoms with van der Waals surface area (Å²) in [6, 6.07) is 0. The van der Waals surface area contributed by atoms with Gasteiger partial charge in [0.2, 0.25) is 0 Å². The van der Waals surface area contributed by atoms with Crippen LogP contribution in [0, 0.1) is 0 Å². The lowest BCUT2D eigenvalue weighted by Gasteiger charge is -2.23. The Hall–Kier alpha value is 0.190. The molecule has 0 unspecified atom stereocenters. The Morgan fingerprint density at radius 1 is 1.00 bits per heavy atom. The molecule has 2 aliphatic heterocycles. The molecule has 0 atom stereocenters. The van der Waals surface area contributed by atoms with Crippen molar-refractivity contribution in [1.29, 1.82) is 0 Å². The van der Waals surface area contributed by atoms with Gasteiger partial charge in [0.15, 0.2) is 0 Å². The van der Waals surface area contributed by atoms with Gasteiger partial charge in [0.05, 0.1) is 19.8 Å². The summed E-state index contributed by atoms with van der Waals surface area (Å²) in [5.41, 5.74) is 0. The summed E-state index contributed by atoms with van der Waals surface area (Å²) in [6.45, 7) is 7.96. The maximum Gasteiger partial charge on any atom is 0.0603 e. The van der Waals surface area contributed by atoms with Gasteiger partial charge in [0.1, 0.15) is 0 Å². The van der Waals surface area contributed by atoms with Crippen LogP contribution in [0.15, 0.2) is 0 Å². The Labute approximate surface area is 96.8 Å². The minimum atomic E-state index is 0.889. The van der Waals surface area contributed by atoms with Gasteiger partial charge >= 0.3 is 0 Å². The topological polar surface area (TPSA) is 33.7 Å². The largest absolute Gasteiger partial charge is 0.380 e. The second kappa shape index (κ2) is 9.42. The Morgan fingerprint density at radius 3 is 2.40 bits per heavy atom. The molecule has 0 aromatic carbocycles. The lowest BCUT2D eigenvalue weighted by molar-refractivity contribution is 0.0775. The first-order valence-corrected chi connectivity index (χ1v) is 6.77. The number of ether oxygens (including phenoxy) is 2. The fourth-order valence-corrected chi connectivity index (χ4v) is 1.91. The van der Waals surface area contributed by atoms with Gasteiger partial charge in [-0.05, 0) is 19.2 Å². The van der Waals surface area contributed by atoms with E-state index in [1.807, 2.05) is 0 Å². The van der Waals surface area contributed by atoms with Crippen molar-refractivity contribution in [2.45, 2.75) is 6.42 Å². The fourth-order valence-electron chi connectivity index (χ4n) is 1.40. The van der Waals surface area contributed by atoms with Crippen LogP contribution in [0.5, 0.6) is 0 Å². The van der Waals surface area contributed by atoms with Crippen LogP contribution in [-0.4, -0.2) is 63.2 Å². The smallest absolute Gasteiger partial charge is 0.0603 e. The maximum atomic E-state index is 5.15. The highest BCUT2D eigenvalue weighted by Gasteiger charge is 2.06. The van der Waals surface area contributed by atoms with Gasteiger partial charge in [-0.25, -0.2) is 4.31 Å². The molecule has 2 heterocycles. The van der Waals surface area contributed by atoms with E-state index in [0.29, 0.717) is 0 Å². The molecule has 1 N–H and O–H groups in total. The Balaban J connectivity index is 0.000000151. The molecule has 0 aliphatic carbocycles. The standard InChI is InChI=1S/C5H11NOS.C5H11NO/c1-8-6-2-4-7-5-3-6;1-2-6-3-5-7-4-1/h2-5H2,1H3;6H,1-5H2. The summed E-state index contributed by atoms with van der Waals surface area (Å²) in [6.07, 6.45) is 3.27. The maximum absolute atomic E-state index is 5.15. The quantitative estimate of drug-likeness (QED) is 0.672. The number of hydrogen-bond donors (Lipinski definition) is 1. The molecule has 2 fully saturated rings. The zero-order valence-electron chi connectivity index (χ0n) is 9.54.